The Bertz CT molecular complexity index is 319. The predicted octanol–water partition coefficient (Wildman–Crippen LogP) is 2.11. The van der Waals surface area contributed by atoms with Crippen LogP contribution in [0.15, 0.2) is 24.3 Å². The van der Waals surface area contributed by atoms with Crippen molar-refractivity contribution in [3.8, 4) is 0 Å². The fourth-order valence-corrected chi connectivity index (χ4v) is 1.87. The number of hydrogen-bond acceptors (Lipinski definition) is 2. The van der Waals surface area contributed by atoms with Crippen molar-refractivity contribution in [2.45, 2.75) is 32.3 Å². The van der Waals surface area contributed by atoms with Gasteiger partial charge in [-0.1, -0.05) is 31.2 Å². The van der Waals surface area contributed by atoms with Crippen molar-refractivity contribution in [2.75, 3.05) is 0 Å². The summed E-state index contributed by atoms with van der Waals surface area (Å²) in [5, 5.41) is 0. The van der Waals surface area contributed by atoms with Gasteiger partial charge in [0, 0.05) is 19.3 Å². The molecule has 0 heterocycles. The van der Waals surface area contributed by atoms with Crippen LogP contribution >= 0.6 is 0 Å². The van der Waals surface area contributed by atoms with Gasteiger partial charge in [-0.05, 0) is 11.1 Å². The first-order valence-corrected chi connectivity index (χ1v) is 5.06. The van der Waals surface area contributed by atoms with Crippen LogP contribution in [0.1, 0.15) is 24.5 Å². The molecule has 2 rings (SSSR count). The fraction of sp³-hybridized carbons (Fsp3) is 0.417. The first-order valence-electron chi connectivity index (χ1n) is 5.06. The molecule has 0 aliphatic heterocycles. The van der Waals surface area contributed by atoms with Crippen LogP contribution in [-0.4, -0.2) is 12.1 Å². The predicted molar refractivity (Wildman–Crippen MR) is 54.0 cm³/mol. The lowest BCUT2D eigenvalue weighted by Crippen LogP contribution is -2.17. The van der Waals surface area contributed by atoms with E-state index in [4.69, 9.17) is 4.74 Å². The Kier molecular flexibility index (Phi) is 2.53. The zero-order valence-electron chi connectivity index (χ0n) is 8.32. The maximum Gasteiger partial charge on any atom is 0.305 e. The number of esters is 1. The van der Waals surface area contributed by atoms with E-state index in [0.717, 1.165) is 12.8 Å². The van der Waals surface area contributed by atoms with Gasteiger partial charge in [-0.15, -0.1) is 0 Å². The molecule has 0 unspecified atom stereocenters. The summed E-state index contributed by atoms with van der Waals surface area (Å²) in [6.45, 7) is 1.82. The number of carbonyl (C=O) groups is 1. The Labute approximate surface area is 83.9 Å². The Morgan fingerprint density at radius 1 is 1.36 bits per heavy atom. The molecule has 0 atom stereocenters. The molecule has 0 fully saturated rings. The van der Waals surface area contributed by atoms with E-state index in [-0.39, 0.29) is 12.1 Å². The highest BCUT2D eigenvalue weighted by molar-refractivity contribution is 5.69. The summed E-state index contributed by atoms with van der Waals surface area (Å²) in [4.78, 5) is 11.1. The zero-order chi connectivity index (χ0) is 9.97. The van der Waals surface area contributed by atoms with Crippen molar-refractivity contribution in [3.05, 3.63) is 35.4 Å². The van der Waals surface area contributed by atoms with Gasteiger partial charge < -0.3 is 4.74 Å². The van der Waals surface area contributed by atoms with E-state index in [1.807, 2.05) is 19.1 Å². The zero-order valence-corrected chi connectivity index (χ0v) is 8.32. The van der Waals surface area contributed by atoms with Crippen molar-refractivity contribution in [1.29, 1.82) is 0 Å². The van der Waals surface area contributed by atoms with Crippen molar-refractivity contribution < 1.29 is 9.53 Å². The second-order valence-electron chi connectivity index (χ2n) is 3.64. The molecule has 74 valence electrons. The third-order valence-corrected chi connectivity index (χ3v) is 2.60. The Balaban J connectivity index is 2.01. The molecule has 2 nitrogen and oxygen atoms in total. The third kappa shape index (κ3) is 1.79. The van der Waals surface area contributed by atoms with Gasteiger partial charge in [0.1, 0.15) is 6.10 Å². The summed E-state index contributed by atoms with van der Waals surface area (Å²) in [6.07, 6.45) is 2.29. The van der Waals surface area contributed by atoms with Crippen molar-refractivity contribution >= 4 is 5.97 Å². The van der Waals surface area contributed by atoms with Crippen LogP contribution < -0.4 is 0 Å². The van der Waals surface area contributed by atoms with Crippen LogP contribution in [-0.2, 0) is 22.4 Å². The Morgan fingerprint density at radius 3 is 2.43 bits per heavy atom. The molecule has 0 saturated carbocycles. The molecule has 0 saturated heterocycles. The van der Waals surface area contributed by atoms with E-state index in [0.29, 0.717) is 6.42 Å². The molecule has 0 spiro atoms. The number of hydrogen-bond donors (Lipinski definition) is 0. The summed E-state index contributed by atoms with van der Waals surface area (Å²) < 4.78 is 5.30. The van der Waals surface area contributed by atoms with Gasteiger partial charge in [-0.25, -0.2) is 0 Å². The van der Waals surface area contributed by atoms with Gasteiger partial charge in [-0.2, -0.15) is 0 Å². The monoisotopic (exact) mass is 190 g/mol. The van der Waals surface area contributed by atoms with E-state index in [1.54, 1.807) is 0 Å². The van der Waals surface area contributed by atoms with Crippen molar-refractivity contribution in [3.63, 3.8) is 0 Å². The average molecular weight is 190 g/mol. The van der Waals surface area contributed by atoms with Crippen LogP contribution in [0, 0.1) is 0 Å². The highest BCUT2D eigenvalue weighted by Gasteiger charge is 2.23. The van der Waals surface area contributed by atoms with Crippen LogP contribution in [0.25, 0.3) is 0 Å². The molecule has 0 amide bonds. The lowest BCUT2D eigenvalue weighted by Gasteiger charge is -2.09. The second kappa shape index (κ2) is 3.82. The number of fused-ring (bicyclic) bond motifs is 1. The molecule has 0 bridgehead atoms. The van der Waals surface area contributed by atoms with Gasteiger partial charge in [0.2, 0.25) is 0 Å². The van der Waals surface area contributed by atoms with Gasteiger partial charge >= 0.3 is 5.97 Å². The molecule has 1 aromatic carbocycles. The van der Waals surface area contributed by atoms with Crippen LogP contribution in [0.5, 0.6) is 0 Å². The average Bonchev–Trinajstić information content (AvgIpc) is 2.59. The Morgan fingerprint density at radius 2 is 1.93 bits per heavy atom. The summed E-state index contributed by atoms with van der Waals surface area (Å²) in [7, 11) is 0. The van der Waals surface area contributed by atoms with Crippen LogP contribution in [0.2, 0.25) is 0 Å². The molecule has 1 aliphatic carbocycles. The standard InChI is InChI=1S/C12H14O2/c1-2-12(13)14-11-7-9-5-3-4-6-10(9)8-11/h3-6,11H,2,7-8H2,1H3. The highest BCUT2D eigenvalue weighted by atomic mass is 16.5. The summed E-state index contributed by atoms with van der Waals surface area (Å²) in [6, 6.07) is 8.27. The normalized spacial score (nSPS) is 15.2. The van der Waals surface area contributed by atoms with E-state index in [9.17, 15) is 4.79 Å². The van der Waals surface area contributed by atoms with E-state index in [1.165, 1.54) is 11.1 Å². The topological polar surface area (TPSA) is 26.3 Å². The fourth-order valence-electron chi connectivity index (χ4n) is 1.87. The Hall–Kier alpha value is -1.31. The minimum absolute atomic E-state index is 0.0693. The summed E-state index contributed by atoms with van der Waals surface area (Å²) >= 11 is 0. The largest absolute Gasteiger partial charge is 0.462 e. The lowest BCUT2D eigenvalue weighted by atomic mass is 10.1. The van der Waals surface area contributed by atoms with Gasteiger partial charge in [-0.3, -0.25) is 4.79 Å². The smallest absolute Gasteiger partial charge is 0.305 e. The number of carbonyl (C=O) groups excluding carboxylic acids is 1. The second-order valence-corrected chi connectivity index (χ2v) is 3.64. The highest BCUT2D eigenvalue weighted by Crippen LogP contribution is 2.23. The molecule has 14 heavy (non-hydrogen) atoms. The molecular weight excluding hydrogens is 176 g/mol. The molecule has 0 radical (unpaired) electrons. The maximum absolute atomic E-state index is 11.1. The number of rotatable bonds is 2. The number of benzene rings is 1. The quantitative estimate of drug-likeness (QED) is 0.667. The van der Waals surface area contributed by atoms with E-state index < -0.39 is 0 Å². The minimum atomic E-state index is -0.0946. The minimum Gasteiger partial charge on any atom is -0.462 e. The summed E-state index contributed by atoms with van der Waals surface area (Å²) in [5.74, 6) is -0.0946. The third-order valence-electron chi connectivity index (χ3n) is 2.60. The van der Waals surface area contributed by atoms with Gasteiger partial charge in [0.25, 0.3) is 0 Å². The van der Waals surface area contributed by atoms with Crippen molar-refractivity contribution in [1.82, 2.24) is 0 Å². The van der Waals surface area contributed by atoms with E-state index in [2.05, 4.69) is 12.1 Å². The van der Waals surface area contributed by atoms with Crippen LogP contribution in [0.4, 0.5) is 0 Å². The van der Waals surface area contributed by atoms with Crippen molar-refractivity contribution in [2.24, 2.45) is 0 Å². The van der Waals surface area contributed by atoms with E-state index >= 15 is 0 Å². The van der Waals surface area contributed by atoms with Gasteiger partial charge in [0.15, 0.2) is 0 Å². The maximum atomic E-state index is 11.1. The summed E-state index contributed by atoms with van der Waals surface area (Å²) in [5.41, 5.74) is 2.64. The SMILES string of the molecule is CCC(=O)OC1Cc2ccccc2C1. The molecule has 1 aliphatic rings. The molecule has 0 aromatic heterocycles. The molecule has 1 aromatic rings. The van der Waals surface area contributed by atoms with Crippen LogP contribution in [0.3, 0.4) is 0 Å². The number of ether oxygens (including phenoxy) is 1. The van der Waals surface area contributed by atoms with Gasteiger partial charge in [0.05, 0.1) is 0 Å². The molecule has 2 heteroatoms. The first-order chi connectivity index (χ1) is 6.79. The molecular formula is C12H14O2. The first kappa shape index (κ1) is 9.25. The lowest BCUT2D eigenvalue weighted by molar-refractivity contribution is -0.148. The molecule has 0 N–H and O–H groups in total.